The number of carbonyl (C=O) groups excluding carboxylic acids is 1. The lowest BCUT2D eigenvalue weighted by molar-refractivity contribution is -0.138. The molecule has 0 saturated heterocycles. The van der Waals surface area contributed by atoms with Crippen molar-refractivity contribution < 1.29 is 23.4 Å². The highest BCUT2D eigenvalue weighted by atomic mass is 19.1. The zero-order valence-corrected chi connectivity index (χ0v) is 12.9. The molecule has 0 amide bonds. The fraction of sp³-hybridized carbons (Fsp3) is 0.167. The number of hydrogen-bond acceptors (Lipinski definition) is 4. The molecule has 0 radical (unpaired) electrons. The van der Waals surface area contributed by atoms with Crippen LogP contribution in [0.15, 0.2) is 48.5 Å². The van der Waals surface area contributed by atoms with E-state index >= 15 is 0 Å². The van der Waals surface area contributed by atoms with E-state index < -0.39 is 11.8 Å². The van der Waals surface area contributed by atoms with E-state index in [1.807, 2.05) is 18.2 Å². The van der Waals surface area contributed by atoms with Crippen LogP contribution in [-0.2, 0) is 16.1 Å². The molecule has 0 heterocycles. The first-order valence-electron chi connectivity index (χ1n) is 6.93. The monoisotopic (exact) mass is 316 g/mol. The summed E-state index contributed by atoms with van der Waals surface area (Å²) in [6.45, 7) is -0.0117. The molecule has 0 aliphatic carbocycles. The number of halogens is 1. The van der Waals surface area contributed by atoms with Gasteiger partial charge in [0.05, 0.1) is 14.2 Å². The molecule has 2 rings (SSSR count). The summed E-state index contributed by atoms with van der Waals surface area (Å²) in [5.41, 5.74) is 1.36. The Bertz CT molecular complexity index is 710. The number of methoxy groups -OCH3 is 2. The third-order valence-corrected chi connectivity index (χ3v) is 3.10. The second-order valence-corrected chi connectivity index (χ2v) is 4.69. The van der Waals surface area contributed by atoms with E-state index in [4.69, 9.17) is 14.2 Å². The van der Waals surface area contributed by atoms with Crippen molar-refractivity contribution in [2.75, 3.05) is 14.2 Å². The third kappa shape index (κ3) is 4.85. The third-order valence-electron chi connectivity index (χ3n) is 3.10. The van der Waals surface area contributed by atoms with Gasteiger partial charge in [0.1, 0.15) is 12.4 Å². The second-order valence-electron chi connectivity index (χ2n) is 4.69. The maximum atomic E-state index is 13.5. The molecule has 0 N–H and O–H groups in total. The van der Waals surface area contributed by atoms with Crippen molar-refractivity contribution in [1.29, 1.82) is 0 Å². The Morgan fingerprint density at radius 2 is 1.96 bits per heavy atom. The first-order chi connectivity index (χ1) is 11.1. The van der Waals surface area contributed by atoms with Gasteiger partial charge in [-0.05, 0) is 41.5 Å². The van der Waals surface area contributed by atoms with Gasteiger partial charge >= 0.3 is 5.97 Å². The zero-order chi connectivity index (χ0) is 16.7. The molecule has 0 aromatic heterocycles. The summed E-state index contributed by atoms with van der Waals surface area (Å²) in [4.78, 5) is 11.7. The fourth-order valence-electron chi connectivity index (χ4n) is 1.91. The number of esters is 1. The fourth-order valence-corrected chi connectivity index (χ4v) is 1.91. The Labute approximate surface area is 134 Å². The summed E-state index contributed by atoms with van der Waals surface area (Å²) in [5.74, 6) is -0.149. The predicted octanol–water partition coefficient (Wildman–Crippen LogP) is 3.60. The van der Waals surface area contributed by atoms with Gasteiger partial charge < -0.3 is 14.2 Å². The lowest BCUT2D eigenvalue weighted by Crippen LogP contribution is -2.01. The predicted molar refractivity (Wildman–Crippen MR) is 84.8 cm³/mol. The standard InChI is InChI=1S/C18H17FO4/c1-21-15-5-3-4-13(10-15)7-9-18(20)23-12-14-6-8-17(22-2)16(19)11-14/h3-11H,12H2,1-2H3/b9-7+. The molecule has 0 aliphatic heterocycles. The van der Waals surface area contributed by atoms with Crippen molar-refractivity contribution in [2.24, 2.45) is 0 Å². The molecule has 2 aromatic rings. The first kappa shape index (κ1) is 16.5. The summed E-state index contributed by atoms with van der Waals surface area (Å²) in [6.07, 6.45) is 2.94. The van der Waals surface area contributed by atoms with Gasteiger partial charge in [-0.15, -0.1) is 0 Å². The SMILES string of the molecule is COc1cccc(/C=C/C(=O)OCc2ccc(OC)c(F)c2)c1. The van der Waals surface area contributed by atoms with Gasteiger partial charge in [-0.2, -0.15) is 0 Å². The van der Waals surface area contributed by atoms with Crippen LogP contribution in [0.5, 0.6) is 11.5 Å². The van der Waals surface area contributed by atoms with E-state index in [1.165, 1.54) is 25.3 Å². The molecule has 0 unspecified atom stereocenters. The number of carbonyl (C=O) groups is 1. The first-order valence-corrected chi connectivity index (χ1v) is 6.93. The second kappa shape index (κ2) is 7.98. The van der Waals surface area contributed by atoms with Crippen molar-refractivity contribution >= 4 is 12.0 Å². The van der Waals surface area contributed by atoms with Crippen LogP contribution in [0.25, 0.3) is 6.08 Å². The van der Waals surface area contributed by atoms with E-state index in [9.17, 15) is 9.18 Å². The highest BCUT2D eigenvalue weighted by molar-refractivity contribution is 5.87. The minimum atomic E-state index is -0.510. The molecule has 0 saturated carbocycles. The topological polar surface area (TPSA) is 44.8 Å². The van der Waals surface area contributed by atoms with Crippen molar-refractivity contribution in [2.45, 2.75) is 6.61 Å². The van der Waals surface area contributed by atoms with Gasteiger partial charge in [-0.25, -0.2) is 9.18 Å². The molecule has 0 bridgehead atoms. The highest BCUT2D eigenvalue weighted by Gasteiger charge is 2.05. The molecular formula is C18H17FO4. The van der Waals surface area contributed by atoms with Gasteiger partial charge in [-0.1, -0.05) is 18.2 Å². The molecule has 2 aromatic carbocycles. The van der Waals surface area contributed by atoms with Gasteiger partial charge in [0.15, 0.2) is 11.6 Å². The largest absolute Gasteiger partial charge is 0.497 e. The van der Waals surface area contributed by atoms with Gasteiger partial charge in [0.2, 0.25) is 0 Å². The normalized spacial score (nSPS) is 10.6. The summed E-state index contributed by atoms with van der Waals surface area (Å²) in [7, 11) is 2.96. The molecule has 0 atom stereocenters. The lowest BCUT2D eigenvalue weighted by Gasteiger charge is -2.05. The Balaban J connectivity index is 1.91. The molecule has 4 nitrogen and oxygen atoms in total. The Kier molecular flexibility index (Phi) is 5.74. The molecule has 0 spiro atoms. The van der Waals surface area contributed by atoms with Crippen LogP contribution in [0.1, 0.15) is 11.1 Å². The number of hydrogen-bond donors (Lipinski definition) is 0. The van der Waals surface area contributed by atoms with Crippen molar-refractivity contribution in [3.8, 4) is 11.5 Å². The van der Waals surface area contributed by atoms with Gasteiger partial charge in [0.25, 0.3) is 0 Å². The van der Waals surface area contributed by atoms with Crippen LogP contribution in [0.2, 0.25) is 0 Å². The van der Waals surface area contributed by atoms with Crippen LogP contribution in [0.4, 0.5) is 4.39 Å². The Morgan fingerprint density at radius 3 is 2.65 bits per heavy atom. The maximum absolute atomic E-state index is 13.5. The van der Waals surface area contributed by atoms with Gasteiger partial charge in [0, 0.05) is 6.08 Å². The van der Waals surface area contributed by atoms with Gasteiger partial charge in [-0.3, -0.25) is 0 Å². The minimum absolute atomic E-state index is 0.0117. The summed E-state index contributed by atoms with van der Waals surface area (Å²) in [6, 6.07) is 11.7. The maximum Gasteiger partial charge on any atom is 0.331 e. The molecule has 5 heteroatoms. The molecule has 23 heavy (non-hydrogen) atoms. The van der Waals surface area contributed by atoms with Crippen molar-refractivity contribution in [3.05, 3.63) is 65.5 Å². The highest BCUT2D eigenvalue weighted by Crippen LogP contribution is 2.18. The summed E-state index contributed by atoms with van der Waals surface area (Å²) in [5, 5.41) is 0. The molecule has 0 fully saturated rings. The van der Waals surface area contributed by atoms with E-state index in [0.717, 1.165) is 5.56 Å². The molecule has 120 valence electrons. The van der Waals surface area contributed by atoms with E-state index in [2.05, 4.69) is 0 Å². The minimum Gasteiger partial charge on any atom is -0.497 e. The number of rotatable bonds is 6. The van der Waals surface area contributed by atoms with E-state index in [0.29, 0.717) is 11.3 Å². The quantitative estimate of drug-likeness (QED) is 0.603. The van der Waals surface area contributed by atoms with Crippen LogP contribution in [-0.4, -0.2) is 20.2 Å². The van der Waals surface area contributed by atoms with Crippen molar-refractivity contribution in [1.82, 2.24) is 0 Å². The summed E-state index contributed by atoms with van der Waals surface area (Å²) >= 11 is 0. The molecular weight excluding hydrogens is 299 g/mol. The lowest BCUT2D eigenvalue weighted by atomic mass is 10.2. The van der Waals surface area contributed by atoms with Crippen LogP contribution in [0, 0.1) is 5.82 Å². The van der Waals surface area contributed by atoms with Crippen molar-refractivity contribution in [3.63, 3.8) is 0 Å². The van der Waals surface area contributed by atoms with Crippen LogP contribution >= 0.6 is 0 Å². The smallest absolute Gasteiger partial charge is 0.331 e. The van der Waals surface area contributed by atoms with Crippen LogP contribution in [0.3, 0.4) is 0 Å². The Morgan fingerprint density at radius 1 is 1.13 bits per heavy atom. The van der Waals surface area contributed by atoms with Crippen LogP contribution < -0.4 is 9.47 Å². The van der Waals surface area contributed by atoms with E-state index in [1.54, 1.807) is 25.3 Å². The number of ether oxygens (including phenoxy) is 3. The average Bonchev–Trinajstić information content (AvgIpc) is 2.58. The zero-order valence-electron chi connectivity index (χ0n) is 12.9. The molecule has 0 aliphatic rings. The average molecular weight is 316 g/mol. The van der Waals surface area contributed by atoms with E-state index in [-0.39, 0.29) is 12.4 Å². The summed E-state index contributed by atoms with van der Waals surface area (Å²) < 4.78 is 28.5. The Hall–Kier alpha value is -2.82. The number of benzene rings is 2.